The van der Waals surface area contributed by atoms with E-state index in [9.17, 15) is 13.2 Å². The summed E-state index contributed by atoms with van der Waals surface area (Å²) >= 11 is 5.86. The summed E-state index contributed by atoms with van der Waals surface area (Å²) < 4.78 is 38.0. The van der Waals surface area contributed by atoms with E-state index in [0.29, 0.717) is 23.1 Å². The van der Waals surface area contributed by atoms with Crippen LogP contribution in [0.15, 0.2) is 53.4 Å². The second-order valence-corrected chi connectivity index (χ2v) is 8.65. The molecule has 152 valence electrons. The van der Waals surface area contributed by atoms with Crippen molar-refractivity contribution < 1.29 is 22.7 Å². The summed E-state index contributed by atoms with van der Waals surface area (Å²) in [5.41, 5.74) is 0.333. The van der Waals surface area contributed by atoms with Gasteiger partial charge in [-0.25, -0.2) is 8.42 Å². The van der Waals surface area contributed by atoms with Crippen LogP contribution < -0.4 is 9.04 Å². The number of nitrogens with zero attached hydrogens (tertiary/aromatic N) is 1. The second-order valence-electron chi connectivity index (χ2n) is 6.35. The highest BCUT2D eigenvalue weighted by molar-refractivity contribution is 7.92. The van der Waals surface area contributed by atoms with Crippen LogP contribution in [0.4, 0.5) is 5.69 Å². The molecule has 0 bridgehead atoms. The lowest BCUT2D eigenvalue weighted by Crippen LogP contribution is -2.37. The third kappa shape index (κ3) is 5.87. The van der Waals surface area contributed by atoms with E-state index in [1.54, 1.807) is 38.1 Å². The van der Waals surface area contributed by atoms with Crippen LogP contribution in [-0.2, 0) is 19.6 Å². The van der Waals surface area contributed by atoms with Crippen molar-refractivity contribution in [2.75, 3.05) is 17.5 Å². The minimum atomic E-state index is -4.00. The average Bonchev–Trinajstić information content (AvgIpc) is 2.64. The predicted molar refractivity (Wildman–Crippen MR) is 109 cm³/mol. The molecule has 0 saturated carbocycles. The Labute approximate surface area is 171 Å². The molecule has 0 fully saturated rings. The fraction of sp³-hybridized carbons (Fsp3) is 0.350. The fourth-order valence-electron chi connectivity index (χ4n) is 2.39. The SMILES string of the molecule is CCCOc1ccc(N(CC(=O)OC(C)C)S(=O)(=O)c2ccc(Cl)cc2)cc1. The van der Waals surface area contributed by atoms with Gasteiger partial charge in [-0.2, -0.15) is 0 Å². The molecule has 0 N–H and O–H groups in total. The molecule has 8 heteroatoms. The summed E-state index contributed by atoms with van der Waals surface area (Å²) in [7, 11) is -4.00. The summed E-state index contributed by atoms with van der Waals surface area (Å²) in [5, 5.41) is 0.419. The highest BCUT2D eigenvalue weighted by Gasteiger charge is 2.28. The van der Waals surface area contributed by atoms with Gasteiger partial charge in [0.15, 0.2) is 0 Å². The molecule has 0 radical (unpaired) electrons. The average molecular weight is 426 g/mol. The van der Waals surface area contributed by atoms with Gasteiger partial charge >= 0.3 is 5.97 Å². The van der Waals surface area contributed by atoms with E-state index in [2.05, 4.69) is 0 Å². The number of sulfonamides is 1. The van der Waals surface area contributed by atoms with Crippen LogP contribution in [0, 0.1) is 0 Å². The van der Waals surface area contributed by atoms with Gasteiger partial charge in [0, 0.05) is 5.02 Å². The molecule has 0 amide bonds. The number of benzene rings is 2. The van der Waals surface area contributed by atoms with Crippen molar-refractivity contribution in [3.05, 3.63) is 53.6 Å². The van der Waals surface area contributed by atoms with Crippen molar-refractivity contribution >= 4 is 33.3 Å². The van der Waals surface area contributed by atoms with Gasteiger partial charge in [-0.3, -0.25) is 9.10 Å². The molecule has 0 aromatic heterocycles. The molecular weight excluding hydrogens is 402 g/mol. The standard InChI is InChI=1S/C20H24ClNO5S/c1-4-13-26-18-9-7-17(8-10-18)22(14-20(23)27-15(2)3)28(24,25)19-11-5-16(21)6-12-19/h5-12,15H,4,13-14H2,1-3H3. The first-order valence-electron chi connectivity index (χ1n) is 8.94. The number of carbonyl (C=O) groups is 1. The molecule has 0 unspecified atom stereocenters. The molecule has 0 heterocycles. The Morgan fingerprint density at radius 1 is 1.07 bits per heavy atom. The minimum Gasteiger partial charge on any atom is -0.494 e. The molecule has 0 aliphatic carbocycles. The van der Waals surface area contributed by atoms with E-state index >= 15 is 0 Å². The number of hydrogen-bond donors (Lipinski definition) is 0. The summed E-state index contributed by atoms with van der Waals surface area (Å²) in [6, 6.07) is 12.3. The Balaban J connectivity index is 2.38. The first-order chi connectivity index (χ1) is 13.2. The topological polar surface area (TPSA) is 72.9 Å². The maximum Gasteiger partial charge on any atom is 0.327 e. The van der Waals surface area contributed by atoms with E-state index in [0.717, 1.165) is 10.7 Å². The number of esters is 1. The first-order valence-corrected chi connectivity index (χ1v) is 10.8. The van der Waals surface area contributed by atoms with Crippen molar-refractivity contribution in [1.29, 1.82) is 0 Å². The lowest BCUT2D eigenvalue weighted by atomic mass is 10.3. The van der Waals surface area contributed by atoms with Crippen molar-refractivity contribution in [2.24, 2.45) is 0 Å². The van der Waals surface area contributed by atoms with Crippen molar-refractivity contribution in [3.63, 3.8) is 0 Å². The van der Waals surface area contributed by atoms with Gasteiger partial charge in [-0.15, -0.1) is 0 Å². The molecule has 2 aromatic rings. The van der Waals surface area contributed by atoms with Crippen molar-refractivity contribution in [1.82, 2.24) is 0 Å². The van der Waals surface area contributed by atoms with Crippen molar-refractivity contribution in [3.8, 4) is 5.75 Å². The van der Waals surface area contributed by atoms with Gasteiger partial charge in [0.25, 0.3) is 10.0 Å². The van der Waals surface area contributed by atoms with Crippen LogP contribution in [0.5, 0.6) is 5.75 Å². The van der Waals surface area contributed by atoms with E-state index in [1.807, 2.05) is 6.92 Å². The van der Waals surface area contributed by atoms with Gasteiger partial charge in [-0.1, -0.05) is 18.5 Å². The van der Waals surface area contributed by atoms with Crippen LogP contribution in [0.2, 0.25) is 5.02 Å². The lowest BCUT2D eigenvalue weighted by Gasteiger charge is -2.24. The Bertz CT molecular complexity index is 880. The molecule has 0 spiro atoms. The zero-order valence-corrected chi connectivity index (χ0v) is 17.7. The van der Waals surface area contributed by atoms with E-state index in [4.69, 9.17) is 21.1 Å². The minimum absolute atomic E-state index is 0.0283. The van der Waals surface area contributed by atoms with Gasteiger partial charge in [0.1, 0.15) is 12.3 Å². The number of ether oxygens (including phenoxy) is 2. The summed E-state index contributed by atoms with van der Waals surface area (Å²) in [5.74, 6) is -0.0157. The van der Waals surface area contributed by atoms with Gasteiger partial charge in [-0.05, 0) is 68.8 Å². The molecule has 0 aliphatic heterocycles. The van der Waals surface area contributed by atoms with Crippen LogP contribution in [0.3, 0.4) is 0 Å². The summed E-state index contributed by atoms with van der Waals surface area (Å²) in [6.45, 7) is 5.52. The largest absolute Gasteiger partial charge is 0.494 e. The fourth-order valence-corrected chi connectivity index (χ4v) is 3.93. The zero-order valence-electron chi connectivity index (χ0n) is 16.1. The maximum atomic E-state index is 13.2. The Kier molecular flexibility index (Phi) is 7.71. The van der Waals surface area contributed by atoms with Crippen LogP contribution in [0.1, 0.15) is 27.2 Å². The summed E-state index contributed by atoms with van der Waals surface area (Å²) in [4.78, 5) is 12.2. The van der Waals surface area contributed by atoms with Gasteiger partial charge < -0.3 is 9.47 Å². The predicted octanol–water partition coefficient (Wildman–Crippen LogP) is 4.28. The first kappa shape index (κ1) is 22.0. The quantitative estimate of drug-likeness (QED) is 0.561. The van der Waals surface area contributed by atoms with Crippen LogP contribution >= 0.6 is 11.6 Å². The molecule has 2 rings (SSSR count). The zero-order chi connectivity index (χ0) is 20.7. The third-order valence-electron chi connectivity index (χ3n) is 3.64. The molecule has 6 nitrogen and oxygen atoms in total. The molecule has 28 heavy (non-hydrogen) atoms. The maximum absolute atomic E-state index is 13.2. The third-order valence-corrected chi connectivity index (χ3v) is 5.68. The molecule has 2 aromatic carbocycles. The molecular formula is C20H24ClNO5S. The van der Waals surface area contributed by atoms with E-state index in [1.165, 1.54) is 24.3 Å². The number of rotatable bonds is 9. The number of halogens is 1. The second kappa shape index (κ2) is 9.80. The van der Waals surface area contributed by atoms with Crippen LogP contribution in [-0.4, -0.2) is 33.6 Å². The summed E-state index contributed by atoms with van der Waals surface area (Å²) in [6.07, 6.45) is 0.511. The highest BCUT2D eigenvalue weighted by atomic mass is 35.5. The molecule has 0 aliphatic rings. The highest BCUT2D eigenvalue weighted by Crippen LogP contribution is 2.26. The Morgan fingerprint density at radius 3 is 2.21 bits per heavy atom. The smallest absolute Gasteiger partial charge is 0.327 e. The molecule has 0 saturated heterocycles. The lowest BCUT2D eigenvalue weighted by molar-refractivity contribution is -0.145. The normalized spacial score (nSPS) is 11.3. The van der Waals surface area contributed by atoms with Gasteiger partial charge in [0.2, 0.25) is 0 Å². The number of hydrogen-bond acceptors (Lipinski definition) is 5. The van der Waals surface area contributed by atoms with Crippen LogP contribution in [0.25, 0.3) is 0 Å². The van der Waals surface area contributed by atoms with Crippen molar-refractivity contribution in [2.45, 2.75) is 38.2 Å². The molecule has 0 atom stereocenters. The number of carbonyl (C=O) groups excluding carboxylic acids is 1. The monoisotopic (exact) mass is 425 g/mol. The number of anilines is 1. The Hall–Kier alpha value is -2.25. The van der Waals surface area contributed by atoms with E-state index < -0.39 is 22.5 Å². The van der Waals surface area contributed by atoms with Gasteiger partial charge in [0.05, 0.1) is 23.3 Å². The van der Waals surface area contributed by atoms with E-state index in [-0.39, 0.29) is 11.0 Å². The Morgan fingerprint density at radius 2 is 1.68 bits per heavy atom.